The molecule has 1 fully saturated rings. The maximum Gasteiger partial charge on any atom is 0.264 e. The van der Waals surface area contributed by atoms with Crippen molar-refractivity contribution >= 4 is 28.1 Å². The van der Waals surface area contributed by atoms with Gasteiger partial charge in [-0.2, -0.15) is 0 Å². The standard InChI is InChI=1S/C31H30N8O2/c1-21(35-30(40)27-28(32)36-38-17-7-13-34-29(27)38)25-20-23-9-5-8-22(10-6-16-37-18-14-33-15-19-37)26(23)31(41)39(25)24-11-3-2-4-12-24/h2-5,7-9,11-13,17,20-21,33H,14-16,18-19H2,1H3,(H2,32,36)(H,35,40)/t21-/m0/s1. The third-order valence-corrected chi connectivity index (χ3v) is 7.27. The third-order valence-electron chi connectivity index (χ3n) is 7.27. The van der Waals surface area contributed by atoms with Crippen molar-refractivity contribution in [1.82, 2.24) is 34.7 Å². The second-order valence-corrected chi connectivity index (χ2v) is 9.99. The number of nitrogens with one attached hydrogen (secondary N) is 2. The first-order valence-electron chi connectivity index (χ1n) is 13.6. The first kappa shape index (κ1) is 26.3. The van der Waals surface area contributed by atoms with E-state index in [9.17, 15) is 9.59 Å². The van der Waals surface area contributed by atoms with E-state index in [4.69, 9.17) is 5.73 Å². The monoisotopic (exact) mass is 546 g/mol. The molecule has 0 radical (unpaired) electrons. The quantitative estimate of drug-likeness (QED) is 0.289. The summed E-state index contributed by atoms with van der Waals surface area (Å²) in [5.74, 6) is 6.17. The highest BCUT2D eigenvalue weighted by Gasteiger charge is 2.24. The van der Waals surface area contributed by atoms with Gasteiger partial charge in [0.2, 0.25) is 0 Å². The number of fused-ring (bicyclic) bond motifs is 2. The lowest BCUT2D eigenvalue weighted by atomic mass is 10.0. The van der Waals surface area contributed by atoms with E-state index >= 15 is 0 Å². The number of para-hydroxylation sites is 1. The molecule has 10 nitrogen and oxygen atoms in total. The van der Waals surface area contributed by atoms with E-state index in [1.807, 2.05) is 61.5 Å². The molecule has 5 aromatic rings. The summed E-state index contributed by atoms with van der Waals surface area (Å²) in [5, 5.41) is 11.8. The highest BCUT2D eigenvalue weighted by atomic mass is 16.2. The molecule has 0 bridgehead atoms. The molecule has 3 aromatic heterocycles. The number of rotatable bonds is 5. The highest BCUT2D eigenvalue weighted by Crippen LogP contribution is 2.24. The van der Waals surface area contributed by atoms with E-state index in [0.717, 1.165) is 31.6 Å². The fraction of sp³-hybridized carbons (Fsp3) is 0.226. The SMILES string of the molecule is C[C@H](NC(=O)c1c(N)nn2cccnc12)c1cc2cccc(C#CCN3CCNCC3)c2c(=O)n1-c1ccccc1. The normalized spacial score (nSPS) is 14.5. The Labute approximate surface area is 236 Å². The number of nitrogen functional groups attached to an aromatic ring is 1. The van der Waals surface area contributed by atoms with Crippen LogP contribution >= 0.6 is 0 Å². The van der Waals surface area contributed by atoms with Crippen LogP contribution in [0.1, 0.15) is 34.6 Å². The van der Waals surface area contributed by atoms with Crippen LogP contribution in [0.3, 0.4) is 0 Å². The van der Waals surface area contributed by atoms with Gasteiger partial charge in [0.05, 0.1) is 18.0 Å². The van der Waals surface area contributed by atoms with Crippen LogP contribution in [0.5, 0.6) is 0 Å². The van der Waals surface area contributed by atoms with Crippen molar-refractivity contribution in [3.05, 3.63) is 100 Å². The van der Waals surface area contributed by atoms with Crippen molar-refractivity contribution in [1.29, 1.82) is 0 Å². The van der Waals surface area contributed by atoms with Crippen LogP contribution in [0.4, 0.5) is 5.82 Å². The van der Waals surface area contributed by atoms with E-state index in [1.165, 1.54) is 4.52 Å². The van der Waals surface area contributed by atoms with Crippen LogP contribution in [0.15, 0.2) is 77.9 Å². The Bertz CT molecular complexity index is 1860. The van der Waals surface area contributed by atoms with Crippen LogP contribution in [-0.2, 0) is 0 Å². The lowest BCUT2D eigenvalue weighted by molar-refractivity contribution is 0.0941. The van der Waals surface area contributed by atoms with Crippen LogP contribution < -0.4 is 21.9 Å². The summed E-state index contributed by atoms with van der Waals surface area (Å²) in [7, 11) is 0. The minimum atomic E-state index is -0.555. The molecule has 41 heavy (non-hydrogen) atoms. The Morgan fingerprint density at radius 3 is 2.73 bits per heavy atom. The zero-order valence-electron chi connectivity index (χ0n) is 22.7. The summed E-state index contributed by atoms with van der Waals surface area (Å²) < 4.78 is 3.11. The zero-order chi connectivity index (χ0) is 28.3. The maximum absolute atomic E-state index is 14.2. The molecule has 4 heterocycles. The van der Waals surface area contributed by atoms with E-state index in [2.05, 4.69) is 37.5 Å². The fourth-order valence-electron chi connectivity index (χ4n) is 5.23. The van der Waals surface area contributed by atoms with Gasteiger partial charge in [0.25, 0.3) is 11.5 Å². The zero-order valence-corrected chi connectivity index (χ0v) is 22.7. The molecular formula is C31H30N8O2. The summed E-state index contributed by atoms with van der Waals surface area (Å²) in [5.41, 5.74) is 8.43. The minimum absolute atomic E-state index is 0.0800. The second kappa shape index (κ2) is 11.3. The number of nitrogens with two attached hydrogens (primary N) is 1. The molecule has 1 aliphatic rings. The van der Waals surface area contributed by atoms with E-state index in [0.29, 0.717) is 34.5 Å². The molecule has 1 amide bonds. The smallest absolute Gasteiger partial charge is 0.264 e. The number of hydrogen-bond donors (Lipinski definition) is 3. The predicted molar refractivity (Wildman–Crippen MR) is 159 cm³/mol. The van der Waals surface area contributed by atoms with Crippen LogP contribution in [-0.4, -0.2) is 62.7 Å². The summed E-state index contributed by atoms with van der Waals surface area (Å²) in [4.78, 5) is 34.2. The number of benzene rings is 2. The number of hydrogen-bond acceptors (Lipinski definition) is 7. The van der Waals surface area contributed by atoms with Gasteiger partial charge in [-0.05, 0) is 42.6 Å². The number of piperazine rings is 1. The Kier molecular flexibility index (Phi) is 7.20. The number of amides is 1. The Morgan fingerprint density at radius 2 is 1.93 bits per heavy atom. The summed E-state index contributed by atoms with van der Waals surface area (Å²) in [6, 6.07) is 18.2. The Hall–Kier alpha value is -4.98. The van der Waals surface area contributed by atoms with Gasteiger partial charge in [0.15, 0.2) is 11.5 Å². The molecule has 2 aromatic carbocycles. The topological polar surface area (TPSA) is 123 Å². The molecule has 0 aliphatic carbocycles. The van der Waals surface area contributed by atoms with E-state index < -0.39 is 11.9 Å². The maximum atomic E-state index is 14.2. The molecule has 0 spiro atoms. The molecule has 10 heteroatoms. The molecule has 206 valence electrons. The van der Waals surface area contributed by atoms with Gasteiger partial charge in [-0.25, -0.2) is 9.50 Å². The van der Waals surface area contributed by atoms with Gasteiger partial charge in [-0.3, -0.25) is 19.1 Å². The first-order chi connectivity index (χ1) is 20.0. The van der Waals surface area contributed by atoms with E-state index in [1.54, 1.807) is 23.0 Å². The Balaban J connectivity index is 1.41. The first-order valence-corrected chi connectivity index (χ1v) is 13.6. The van der Waals surface area contributed by atoms with Crippen LogP contribution in [0.2, 0.25) is 0 Å². The number of carbonyl (C=O) groups is 1. The fourth-order valence-corrected chi connectivity index (χ4v) is 5.23. The van der Waals surface area contributed by atoms with Gasteiger partial charge >= 0.3 is 0 Å². The van der Waals surface area contributed by atoms with Crippen LogP contribution in [0, 0.1) is 11.8 Å². The summed E-state index contributed by atoms with van der Waals surface area (Å²) in [6.45, 7) is 6.30. The largest absolute Gasteiger partial charge is 0.381 e. The Morgan fingerprint density at radius 1 is 1.12 bits per heavy atom. The van der Waals surface area contributed by atoms with Crippen LogP contribution in [0.25, 0.3) is 22.1 Å². The van der Waals surface area contributed by atoms with Crippen molar-refractivity contribution in [3.63, 3.8) is 0 Å². The van der Waals surface area contributed by atoms with Crippen molar-refractivity contribution in [2.24, 2.45) is 0 Å². The van der Waals surface area contributed by atoms with E-state index in [-0.39, 0.29) is 16.9 Å². The van der Waals surface area contributed by atoms with Gasteiger partial charge in [0.1, 0.15) is 5.56 Å². The summed E-state index contributed by atoms with van der Waals surface area (Å²) in [6.07, 6.45) is 3.26. The van der Waals surface area contributed by atoms with Crippen molar-refractivity contribution < 1.29 is 4.79 Å². The molecule has 0 unspecified atom stereocenters. The second-order valence-electron chi connectivity index (χ2n) is 9.99. The molecule has 0 saturated carbocycles. The van der Waals surface area contributed by atoms with Crippen molar-refractivity contribution in [2.75, 3.05) is 38.5 Å². The summed E-state index contributed by atoms with van der Waals surface area (Å²) >= 11 is 0. The van der Waals surface area contributed by atoms with Crippen molar-refractivity contribution in [3.8, 4) is 17.5 Å². The number of nitrogens with zero attached hydrogens (tertiary/aromatic N) is 5. The molecule has 4 N–H and O–H groups in total. The van der Waals surface area contributed by atoms with Gasteiger partial charge in [-0.15, -0.1) is 5.10 Å². The number of carbonyl (C=O) groups excluding carboxylic acids is 1. The number of aromatic nitrogens is 4. The average Bonchev–Trinajstić information content (AvgIpc) is 3.33. The van der Waals surface area contributed by atoms with Crippen molar-refractivity contribution in [2.45, 2.75) is 13.0 Å². The molecule has 6 rings (SSSR count). The molecule has 1 atom stereocenters. The molecular weight excluding hydrogens is 516 g/mol. The minimum Gasteiger partial charge on any atom is -0.381 e. The predicted octanol–water partition coefficient (Wildman–Crippen LogP) is 2.36. The lowest BCUT2D eigenvalue weighted by Gasteiger charge is -2.24. The highest BCUT2D eigenvalue weighted by molar-refractivity contribution is 6.04. The molecule has 1 aliphatic heterocycles. The van der Waals surface area contributed by atoms with Gasteiger partial charge < -0.3 is 16.4 Å². The third kappa shape index (κ3) is 5.16. The van der Waals surface area contributed by atoms with Gasteiger partial charge in [0, 0.05) is 55.5 Å². The van der Waals surface area contributed by atoms with Gasteiger partial charge in [-0.1, -0.05) is 42.2 Å². The number of anilines is 1. The average molecular weight is 547 g/mol. The lowest BCUT2D eigenvalue weighted by Crippen LogP contribution is -2.43. The molecule has 1 saturated heterocycles. The number of pyridine rings is 1.